The van der Waals surface area contributed by atoms with Crippen LogP contribution in [0.3, 0.4) is 0 Å². The van der Waals surface area contributed by atoms with E-state index in [1.54, 1.807) is 0 Å². The Bertz CT molecular complexity index is 244. The molecule has 0 aromatic carbocycles. The summed E-state index contributed by atoms with van der Waals surface area (Å²) in [7, 11) is 0. The second-order valence-corrected chi connectivity index (χ2v) is 6.24. The molecule has 0 bridgehead atoms. The van der Waals surface area contributed by atoms with Crippen molar-refractivity contribution in [2.75, 3.05) is 32.7 Å². The molecule has 0 amide bonds. The molecule has 0 aromatic rings. The van der Waals surface area contributed by atoms with Crippen molar-refractivity contribution in [3.05, 3.63) is 0 Å². The van der Waals surface area contributed by atoms with Crippen LogP contribution in [0.1, 0.15) is 46.5 Å². The summed E-state index contributed by atoms with van der Waals surface area (Å²) in [4.78, 5) is 5.43. The average Bonchev–Trinajstić information content (AvgIpc) is 2.80. The van der Waals surface area contributed by atoms with Gasteiger partial charge in [0.05, 0.1) is 0 Å². The van der Waals surface area contributed by atoms with Gasteiger partial charge < -0.3 is 5.32 Å². The molecule has 2 heterocycles. The second-order valence-electron chi connectivity index (χ2n) is 6.24. The van der Waals surface area contributed by atoms with Crippen LogP contribution in [-0.4, -0.2) is 60.6 Å². The van der Waals surface area contributed by atoms with Gasteiger partial charge in [-0.15, -0.1) is 0 Å². The number of hydrogen-bond acceptors (Lipinski definition) is 3. The fraction of sp³-hybridized carbons (Fsp3) is 1.00. The van der Waals surface area contributed by atoms with Crippen LogP contribution in [0.15, 0.2) is 0 Å². The van der Waals surface area contributed by atoms with E-state index < -0.39 is 0 Å². The van der Waals surface area contributed by atoms with E-state index >= 15 is 0 Å². The molecule has 1 N–H and O–H groups in total. The van der Waals surface area contributed by atoms with E-state index in [9.17, 15) is 0 Å². The summed E-state index contributed by atoms with van der Waals surface area (Å²) < 4.78 is 0. The zero-order chi connectivity index (χ0) is 13.0. The Kier molecular flexibility index (Phi) is 5.46. The minimum Gasteiger partial charge on any atom is -0.315 e. The van der Waals surface area contributed by atoms with Gasteiger partial charge in [-0.05, 0) is 46.2 Å². The van der Waals surface area contributed by atoms with Gasteiger partial charge in [0.15, 0.2) is 0 Å². The van der Waals surface area contributed by atoms with Gasteiger partial charge in [0.25, 0.3) is 0 Å². The highest BCUT2D eigenvalue weighted by atomic mass is 15.3. The summed E-state index contributed by atoms with van der Waals surface area (Å²) in [6.07, 6.45) is 5.42. The molecule has 0 radical (unpaired) electrons. The number of fused-ring (bicyclic) bond motifs is 1. The van der Waals surface area contributed by atoms with Gasteiger partial charge in [-0.25, -0.2) is 0 Å². The maximum Gasteiger partial charge on any atom is 0.0224 e. The maximum absolute atomic E-state index is 3.61. The van der Waals surface area contributed by atoms with Crippen LogP contribution in [0.5, 0.6) is 0 Å². The van der Waals surface area contributed by atoms with E-state index in [4.69, 9.17) is 0 Å². The van der Waals surface area contributed by atoms with Crippen LogP contribution in [0.4, 0.5) is 0 Å². The van der Waals surface area contributed by atoms with E-state index in [1.807, 2.05) is 0 Å². The van der Waals surface area contributed by atoms with Crippen LogP contribution < -0.4 is 5.32 Å². The average molecular weight is 253 g/mol. The lowest BCUT2D eigenvalue weighted by Crippen LogP contribution is -2.59. The number of rotatable bonds is 6. The van der Waals surface area contributed by atoms with E-state index in [2.05, 4.69) is 35.9 Å². The molecule has 3 nitrogen and oxygen atoms in total. The Morgan fingerprint density at radius 1 is 1.33 bits per heavy atom. The molecule has 106 valence electrons. The first kappa shape index (κ1) is 14.3. The highest BCUT2D eigenvalue weighted by Gasteiger charge is 2.35. The zero-order valence-corrected chi connectivity index (χ0v) is 12.5. The van der Waals surface area contributed by atoms with E-state index in [1.165, 1.54) is 51.9 Å². The first-order chi connectivity index (χ1) is 8.72. The highest BCUT2D eigenvalue weighted by Crippen LogP contribution is 2.25. The lowest BCUT2D eigenvalue weighted by molar-refractivity contribution is 0.0332. The monoisotopic (exact) mass is 253 g/mol. The summed E-state index contributed by atoms with van der Waals surface area (Å²) in [5.41, 5.74) is 0. The van der Waals surface area contributed by atoms with Crippen molar-refractivity contribution >= 4 is 0 Å². The molecule has 2 saturated heterocycles. The Morgan fingerprint density at radius 3 is 2.94 bits per heavy atom. The molecule has 0 saturated carbocycles. The van der Waals surface area contributed by atoms with E-state index in [0.717, 1.165) is 18.6 Å². The smallest absolute Gasteiger partial charge is 0.0224 e. The topological polar surface area (TPSA) is 18.5 Å². The Labute approximate surface area is 113 Å². The molecule has 2 rings (SSSR count). The predicted octanol–water partition coefficient (Wildman–Crippen LogP) is 1.93. The van der Waals surface area contributed by atoms with Crippen molar-refractivity contribution in [1.29, 1.82) is 0 Å². The molecular formula is C15H31N3. The third kappa shape index (κ3) is 3.46. The summed E-state index contributed by atoms with van der Waals surface area (Å²) >= 11 is 0. The molecule has 18 heavy (non-hydrogen) atoms. The third-order valence-corrected chi connectivity index (χ3v) is 4.70. The molecule has 3 atom stereocenters. The minimum absolute atomic E-state index is 0.680. The number of nitrogens with one attached hydrogen (secondary N) is 1. The molecule has 2 aliphatic rings. The van der Waals surface area contributed by atoms with Crippen LogP contribution >= 0.6 is 0 Å². The first-order valence-electron chi connectivity index (χ1n) is 7.93. The standard InChI is InChI=1S/C15H31N3/c1-4-5-8-16-10-13(2)18-12-15-7-6-9-17(15)11-14(18)3/h13-16H,4-12H2,1-3H3. The fourth-order valence-electron chi connectivity index (χ4n) is 3.55. The molecule has 3 heteroatoms. The molecule has 0 spiro atoms. The SMILES string of the molecule is CCCCNCC(C)N1CC2CCCN2CC1C. The summed E-state index contributed by atoms with van der Waals surface area (Å²) in [5.74, 6) is 0. The van der Waals surface area contributed by atoms with Gasteiger partial charge in [0.2, 0.25) is 0 Å². The van der Waals surface area contributed by atoms with Gasteiger partial charge in [0, 0.05) is 37.8 Å². The van der Waals surface area contributed by atoms with E-state index in [-0.39, 0.29) is 0 Å². The number of hydrogen-bond donors (Lipinski definition) is 1. The Hall–Kier alpha value is -0.120. The van der Waals surface area contributed by atoms with Crippen LogP contribution in [0, 0.1) is 0 Å². The lowest BCUT2D eigenvalue weighted by Gasteiger charge is -2.45. The van der Waals surface area contributed by atoms with Gasteiger partial charge in [0.1, 0.15) is 0 Å². The van der Waals surface area contributed by atoms with Crippen molar-refractivity contribution < 1.29 is 0 Å². The van der Waals surface area contributed by atoms with Crippen molar-refractivity contribution in [3.8, 4) is 0 Å². The molecule has 0 aromatic heterocycles. The summed E-state index contributed by atoms with van der Waals surface area (Å²) in [5, 5.41) is 3.61. The van der Waals surface area contributed by atoms with Gasteiger partial charge in [-0.3, -0.25) is 9.80 Å². The Morgan fingerprint density at radius 2 is 2.17 bits per heavy atom. The lowest BCUT2D eigenvalue weighted by atomic mass is 10.1. The summed E-state index contributed by atoms with van der Waals surface area (Å²) in [6, 6.07) is 2.25. The number of piperazine rings is 1. The van der Waals surface area contributed by atoms with Crippen molar-refractivity contribution in [1.82, 2.24) is 15.1 Å². The highest BCUT2D eigenvalue weighted by molar-refractivity contribution is 4.92. The zero-order valence-electron chi connectivity index (χ0n) is 12.5. The van der Waals surface area contributed by atoms with Gasteiger partial charge >= 0.3 is 0 Å². The summed E-state index contributed by atoms with van der Waals surface area (Å²) in [6.45, 7) is 13.3. The Balaban J connectivity index is 1.76. The maximum atomic E-state index is 3.61. The van der Waals surface area contributed by atoms with Crippen LogP contribution in [0.25, 0.3) is 0 Å². The normalized spacial score (nSPS) is 31.5. The largest absolute Gasteiger partial charge is 0.315 e. The minimum atomic E-state index is 0.680. The third-order valence-electron chi connectivity index (χ3n) is 4.70. The predicted molar refractivity (Wildman–Crippen MR) is 78.0 cm³/mol. The molecular weight excluding hydrogens is 222 g/mol. The molecule has 3 unspecified atom stereocenters. The van der Waals surface area contributed by atoms with Gasteiger partial charge in [-0.2, -0.15) is 0 Å². The van der Waals surface area contributed by atoms with Crippen molar-refractivity contribution in [2.24, 2.45) is 0 Å². The van der Waals surface area contributed by atoms with Crippen molar-refractivity contribution in [2.45, 2.75) is 64.6 Å². The quantitative estimate of drug-likeness (QED) is 0.730. The number of nitrogens with zero attached hydrogens (tertiary/aromatic N) is 2. The fourth-order valence-corrected chi connectivity index (χ4v) is 3.55. The molecule has 2 fully saturated rings. The van der Waals surface area contributed by atoms with Gasteiger partial charge in [-0.1, -0.05) is 13.3 Å². The molecule has 2 aliphatic heterocycles. The van der Waals surface area contributed by atoms with E-state index in [0.29, 0.717) is 6.04 Å². The van der Waals surface area contributed by atoms with Crippen LogP contribution in [0.2, 0.25) is 0 Å². The second kappa shape index (κ2) is 6.88. The molecule has 0 aliphatic carbocycles. The number of unbranched alkanes of at least 4 members (excludes halogenated alkanes) is 1. The first-order valence-corrected chi connectivity index (χ1v) is 7.93. The van der Waals surface area contributed by atoms with Crippen LogP contribution in [-0.2, 0) is 0 Å². The van der Waals surface area contributed by atoms with Crippen molar-refractivity contribution in [3.63, 3.8) is 0 Å².